The SMILES string of the molecule is O=C(Cc1csc(-c2ccc(Cl)cc2)n1)Oc1ccc(-n2cnnn2)cc1. The molecular formula is C18H12ClN5O2S. The fraction of sp³-hybridized carbons (Fsp3) is 0.0556. The van der Waals surface area contributed by atoms with Crippen molar-refractivity contribution in [3.05, 3.63) is 71.0 Å². The Morgan fingerprint density at radius 2 is 1.89 bits per heavy atom. The third-order valence-corrected chi connectivity index (χ3v) is 4.84. The molecule has 0 amide bonds. The Hall–Kier alpha value is -3.10. The zero-order valence-corrected chi connectivity index (χ0v) is 15.4. The van der Waals surface area contributed by atoms with Gasteiger partial charge in [-0.05, 0) is 46.8 Å². The molecule has 27 heavy (non-hydrogen) atoms. The molecule has 0 aliphatic rings. The lowest BCUT2D eigenvalue weighted by Gasteiger charge is -2.04. The van der Waals surface area contributed by atoms with Crippen molar-refractivity contribution in [1.82, 2.24) is 25.2 Å². The van der Waals surface area contributed by atoms with Crippen LogP contribution in [0.2, 0.25) is 5.02 Å². The van der Waals surface area contributed by atoms with Crippen LogP contribution in [0.1, 0.15) is 5.69 Å². The number of benzene rings is 2. The van der Waals surface area contributed by atoms with Gasteiger partial charge in [-0.1, -0.05) is 23.7 Å². The van der Waals surface area contributed by atoms with E-state index in [2.05, 4.69) is 20.5 Å². The lowest BCUT2D eigenvalue weighted by atomic mass is 10.2. The monoisotopic (exact) mass is 397 g/mol. The molecule has 0 radical (unpaired) electrons. The van der Waals surface area contributed by atoms with Crippen molar-refractivity contribution < 1.29 is 9.53 Å². The topological polar surface area (TPSA) is 82.8 Å². The number of carbonyl (C=O) groups excluding carboxylic acids is 1. The van der Waals surface area contributed by atoms with E-state index in [1.807, 2.05) is 29.6 Å². The summed E-state index contributed by atoms with van der Waals surface area (Å²) in [6.45, 7) is 0. The Kier molecular flexibility index (Phi) is 4.91. The number of carbonyl (C=O) groups is 1. The van der Waals surface area contributed by atoms with Gasteiger partial charge in [0.05, 0.1) is 17.8 Å². The first-order valence-electron chi connectivity index (χ1n) is 7.92. The van der Waals surface area contributed by atoms with E-state index >= 15 is 0 Å². The van der Waals surface area contributed by atoms with Crippen LogP contribution in [0, 0.1) is 0 Å². The van der Waals surface area contributed by atoms with E-state index in [4.69, 9.17) is 16.3 Å². The minimum atomic E-state index is -0.377. The van der Waals surface area contributed by atoms with Gasteiger partial charge in [0.1, 0.15) is 17.1 Å². The van der Waals surface area contributed by atoms with Crippen molar-refractivity contribution in [3.63, 3.8) is 0 Å². The first-order valence-corrected chi connectivity index (χ1v) is 9.17. The predicted molar refractivity (Wildman–Crippen MR) is 101 cm³/mol. The maximum Gasteiger partial charge on any atom is 0.317 e. The summed E-state index contributed by atoms with van der Waals surface area (Å²) >= 11 is 7.37. The number of nitrogens with zero attached hydrogens (tertiary/aromatic N) is 5. The van der Waals surface area contributed by atoms with E-state index in [0.717, 1.165) is 16.3 Å². The van der Waals surface area contributed by atoms with Gasteiger partial charge in [-0.2, -0.15) is 0 Å². The smallest absolute Gasteiger partial charge is 0.317 e. The van der Waals surface area contributed by atoms with Crippen LogP contribution in [0.5, 0.6) is 5.75 Å². The maximum atomic E-state index is 12.2. The Morgan fingerprint density at radius 3 is 2.59 bits per heavy atom. The van der Waals surface area contributed by atoms with E-state index in [1.165, 1.54) is 22.3 Å². The molecule has 7 nitrogen and oxygen atoms in total. The molecule has 0 unspecified atom stereocenters. The largest absolute Gasteiger partial charge is 0.426 e. The van der Waals surface area contributed by atoms with E-state index in [1.54, 1.807) is 24.3 Å². The average molecular weight is 398 g/mol. The number of ether oxygens (including phenoxy) is 1. The van der Waals surface area contributed by atoms with Gasteiger partial charge in [0, 0.05) is 16.0 Å². The number of aromatic nitrogens is 5. The van der Waals surface area contributed by atoms with Gasteiger partial charge >= 0.3 is 5.97 Å². The van der Waals surface area contributed by atoms with Crippen LogP contribution in [0.25, 0.3) is 16.3 Å². The molecule has 0 aliphatic heterocycles. The molecule has 2 heterocycles. The number of hydrogen-bond donors (Lipinski definition) is 0. The van der Waals surface area contributed by atoms with Crippen LogP contribution in [-0.2, 0) is 11.2 Å². The summed E-state index contributed by atoms with van der Waals surface area (Å²) in [5.41, 5.74) is 2.40. The number of halogens is 1. The number of tetrazole rings is 1. The van der Waals surface area contributed by atoms with Crippen molar-refractivity contribution in [2.75, 3.05) is 0 Å². The molecule has 0 atom stereocenters. The van der Waals surface area contributed by atoms with Crippen molar-refractivity contribution in [2.24, 2.45) is 0 Å². The molecule has 0 N–H and O–H groups in total. The molecule has 0 spiro atoms. The van der Waals surface area contributed by atoms with E-state index in [9.17, 15) is 4.79 Å². The van der Waals surface area contributed by atoms with Crippen LogP contribution in [-0.4, -0.2) is 31.2 Å². The first kappa shape index (κ1) is 17.3. The van der Waals surface area contributed by atoms with Gasteiger partial charge in [0.2, 0.25) is 0 Å². The molecule has 0 fully saturated rings. The highest BCUT2D eigenvalue weighted by Crippen LogP contribution is 2.25. The minimum Gasteiger partial charge on any atom is -0.426 e. The third-order valence-electron chi connectivity index (χ3n) is 3.65. The summed E-state index contributed by atoms with van der Waals surface area (Å²) in [7, 11) is 0. The molecule has 0 saturated carbocycles. The summed E-state index contributed by atoms with van der Waals surface area (Å²) in [6, 6.07) is 14.3. The highest BCUT2D eigenvalue weighted by atomic mass is 35.5. The lowest BCUT2D eigenvalue weighted by Crippen LogP contribution is -2.11. The molecule has 9 heteroatoms. The first-order chi connectivity index (χ1) is 13.2. The zero-order valence-electron chi connectivity index (χ0n) is 13.8. The van der Waals surface area contributed by atoms with Crippen LogP contribution in [0.3, 0.4) is 0 Å². The number of rotatable bonds is 5. The second kappa shape index (κ2) is 7.65. The summed E-state index contributed by atoms with van der Waals surface area (Å²) in [5, 5.41) is 14.3. The predicted octanol–water partition coefficient (Wildman–Crippen LogP) is 3.59. The highest BCUT2D eigenvalue weighted by Gasteiger charge is 2.11. The lowest BCUT2D eigenvalue weighted by molar-refractivity contribution is -0.133. The van der Waals surface area contributed by atoms with Crippen molar-refractivity contribution >= 4 is 28.9 Å². The van der Waals surface area contributed by atoms with Gasteiger partial charge in [-0.25, -0.2) is 9.67 Å². The molecule has 0 saturated heterocycles. The molecule has 4 aromatic rings. The summed E-state index contributed by atoms with van der Waals surface area (Å²) < 4.78 is 6.88. The Morgan fingerprint density at radius 1 is 1.11 bits per heavy atom. The molecule has 4 rings (SSSR count). The van der Waals surface area contributed by atoms with Gasteiger partial charge in [-0.15, -0.1) is 16.4 Å². The Balaban J connectivity index is 1.39. The van der Waals surface area contributed by atoms with Gasteiger partial charge < -0.3 is 4.74 Å². The highest BCUT2D eigenvalue weighted by molar-refractivity contribution is 7.13. The van der Waals surface area contributed by atoms with Crippen LogP contribution in [0.4, 0.5) is 0 Å². The van der Waals surface area contributed by atoms with E-state index in [-0.39, 0.29) is 12.4 Å². The standard InChI is InChI=1S/C18H12ClN5O2S/c19-13-3-1-12(2-4-13)18-21-14(10-27-18)9-17(25)26-16-7-5-15(6-8-16)24-11-20-22-23-24/h1-8,10-11H,9H2. The van der Waals surface area contributed by atoms with Crippen molar-refractivity contribution in [3.8, 4) is 22.0 Å². The van der Waals surface area contributed by atoms with E-state index < -0.39 is 0 Å². The van der Waals surface area contributed by atoms with Gasteiger partial charge in [0.25, 0.3) is 0 Å². The van der Waals surface area contributed by atoms with Crippen molar-refractivity contribution in [1.29, 1.82) is 0 Å². The Labute approximate surface area is 163 Å². The van der Waals surface area contributed by atoms with E-state index in [0.29, 0.717) is 16.5 Å². The molecular weight excluding hydrogens is 386 g/mol. The van der Waals surface area contributed by atoms with Gasteiger partial charge in [0.15, 0.2) is 0 Å². The number of hydrogen-bond acceptors (Lipinski definition) is 7. The number of esters is 1. The van der Waals surface area contributed by atoms with Crippen LogP contribution in [0.15, 0.2) is 60.2 Å². The Bertz CT molecular complexity index is 1050. The summed E-state index contributed by atoms with van der Waals surface area (Å²) in [6.07, 6.45) is 1.58. The molecule has 2 aromatic carbocycles. The fourth-order valence-corrected chi connectivity index (χ4v) is 3.33. The second-order valence-electron chi connectivity index (χ2n) is 5.55. The van der Waals surface area contributed by atoms with Gasteiger partial charge in [-0.3, -0.25) is 4.79 Å². The quantitative estimate of drug-likeness (QED) is 0.378. The molecule has 0 aliphatic carbocycles. The van der Waals surface area contributed by atoms with Crippen LogP contribution < -0.4 is 4.74 Å². The second-order valence-corrected chi connectivity index (χ2v) is 6.84. The molecule has 2 aromatic heterocycles. The summed E-state index contributed by atoms with van der Waals surface area (Å²) in [4.78, 5) is 16.7. The third kappa shape index (κ3) is 4.18. The maximum absolute atomic E-state index is 12.2. The van der Waals surface area contributed by atoms with Crippen molar-refractivity contribution in [2.45, 2.75) is 6.42 Å². The van der Waals surface area contributed by atoms with Crippen LogP contribution >= 0.6 is 22.9 Å². The average Bonchev–Trinajstić information content (AvgIpc) is 3.35. The molecule has 134 valence electrons. The number of thiazole rings is 1. The summed E-state index contributed by atoms with van der Waals surface area (Å²) in [5.74, 6) is 0.0723. The normalized spacial score (nSPS) is 10.7. The minimum absolute atomic E-state index is 0.0961. The molecule has 0 bridgehead atoms. The fourth-order valence-electron chi connectivity index (χ4n) is 2.38. The zero-order chi connectivity index (χ0) is 18.6.